The van der Waals surface area contributed by atoms with Crippen LogP contribution < -0.4 is 0 Å². The second-order valence-electron chi connectivity index (χ2n) is 4.05. The van der Waals surface area contributed by atoms with Crippen molar-refractivity contribution < 1.29 is 23.9 Å². The highest BCUT2D eigenvalue weighted by atomic mass is 79.9. The quantitative estimate of drug-likeness (QED) is 0.449. The average Bonchev–Trinajstić information content (AvgIpc) is 2.46. The van der Waals surface area contributed by atoms with Gasteiger partial charge in [-0.05, 0) is 11.6 Å². The largest absolute Gasteiger partial charge is 0.468 e. The average molecular weight is 343 g/mol. The summed E-state index contributed by atoms with van der Waals surface area (Å²) in [5, 5.41) is 0. The predicted molar refractivity (Wildman–Crippen MR) is 75.1 cm³/mol. The highest BCUT2D eigenvalue weighted by Crippen LogP contribution is 2.34. The molecule has 0 N–H and O–H groups in total. The molecule has 0 unspecified atom stereocenters. The van der Waals surface area contributed by atoms with E-state index in [0.29, 0.717) is 16.3 Å². The first-order valence-corrected chi connectivity index (χ1v) is 6.69. The van der Waals surface area contributed by atoms with Gasteiger partial charge >= 0.3 is 11.9 Å². The summed E-state index contributed by atoms with van der Waals surface area (Å²) in [4.78, 5) is 34.6. The molecular formula is C14H15BrO5. The van der Waals surface area contributed by atoms with Crippen molar-refractivity contribution in [2.45, 2.75) is 12.3 Å². The van der Waals surface area contributed by atoms with Gasteiger partial charge in [0.1, 0.15) is 6.29 Å². The van der Waals surface area contributed by atoms with E-state index in [1.165, 1.54) is 14.2 Å². The SMILES string of the molecule is COC(=O)C(C(=O)OC)[C@H](CC=O)c1ccccc1Br. The Morgan fingerprint density at radius 1 is 1.20 bits per heavy atom. The zero-order valence-corrected chi connectivity index (χ0v) is 12.8. The minimum absolute atomic E-state index is 0.0114. The zero-order chi connectivity index (χ0) is 15.1. The van der Waals surface area contributed by atoms with Crippen molar-refractivity contribution in [3.8, 4) is 0 Å². The maximum atomic E-state index is 11.9. The summed E-state index contributed by atoms with van der Waals surface area (Å²) in [6.45, 7) is 0. The molecule has 108 valence electrons. The van der Waals surface area contributed by atoms with Gasteiger partial charge in [-0.2, -0.15) is 0 Å². The van der Waals surface area contributed by atoms with Crippen LogP contribution in [-0.4, -0.2) is 32.4 Å². The number of halogens is 1. The summed E-state index contributed by atoms with van der Waals surface area (Å²) in [5.41, 5.74) is 0.681. The number of hydrogen-bond acceptors (Lipinski definition) is 5. The van der Waals surface area contributed by atoms with Crippen LogP contribution in [0.4, 0.5) is 0 Å². The van der Waals surface area contributed by atoms with Crippen molar-refractivity contribution in [3.63, 3.8) is 0 Å². The first-order valence-electron chi connectivity index (χ1n) is 5.90. The van der Waals surface area contributed by atoms with Gasteiger partial charge in [-0.1, -0.05) is 34.1 Å². The van der Waals surface area contributed by atoms with Gasteiger partial charge in [0, 0.05) is 16.8 Å². The Bertz CT molecular complexity index is 484. The Hall–Kier alpha value is -1.69. The van der Waals surface area contributed by atoms with Crippen LogP contribution in [0.3, 0.4) is 0 Å². The molecule has 0 heterocycles. The van der Waals surface area contributed by atoms with Crippen LogP contribution in [0.15, 0.2) is 28.7 Å². The molecular weight excluding hydrogens is 328 g/mol. The monoisotopic (exact) mass is 342 g/mol. The maximum Gasteiger partial charge on any atom is 0.320 e. The van der Waals surface area contributed by atoms with Crippen LogP contribution in [0.5, 0.6) is 0 Å². The van der Waals surface area contributed by atoms with Crippen molar-refractivity contribution in [1.82, 2.24) is 0 Å². The minimum Gasteiger partial charge on any atom is -0.468 e. The highest BCUT2D eigenvalue weighted by Gasteiger charge is 2.38. The second-order valence-corrected chi connectivity index (χ2v) is 4.91. The normalized spacial score (nSPS) is 11.8. The van der Waals surface area contributed by atoms with E-state index in [2.05, 4.69) is 25.4 Å². The topological polar surface area (TPSA) is 69.7 Å². The molecule has 0 spiro atoms. The third kappa shape index (κ3) is 3.66. The number of benzene rings is 1. The van der Waals surface area contributed by atoms with E-state index in [1.54, 1.807) is 24.3 Å². The number of ether oxygens (including phenoxy) is 2. The predicted octanol–water partition coefficient (Wildman–Crippen LogP) is 2.08. The second kappa shape index (κ2) is 7.79. The number of carbonyl (C=O) groups excluding carboxylic acids is 3. The fourth-order valence-corrected chi connectivity index (χ4v) is 2.58. The Kier molecular flexibility index (Phi) is 6.38. The first-order chi connectivity index (χ1) is 9.56. The Morgan fingerprint density at radius 2 is 1.75 bits per heavy atom. The van der Waals surface area contributed by atoms with Gasteiger partial charge in [-0.3, -0.25) is 9.59 Å². The number of rotatable bonds is 6. The van der Waals surface area contributed by atoms with E-state index in [-0.39, 0.29) is 6.42 Å². The molecule has 0 amide bonds. The Labute approximate surface area is 125 Å². The van der Waals surface area contributed by atoms with Crippen LogP contribution in [-0.2, 0) is 23.9 Å². The smallest absolute Gasteiger partial charge is 0.320 e. The molecule has 0 bridgehead atoms. The van der Waals surface area contributed by atoms with Gasteiger partial charge in [0.15, 0.2) is 5.92 Å². The van der Waals surface area contributed by atoms with Crippen LogP contribution in [0.2, 0.25) is 0 Å². The van der Waals surface area contributed by atoms with Crippen molar-refractivity contribution in [2.75, 3.05) is 14.2 Å². The molecule has 20 heavy (non-hydrogen) atoms. The summed E-state index contributed by atoms with van der Waals surface area (Å²) in [5.74, 6) is -3.25. The number of methoxy groups -OCH3 is 2. The van der Waals surface area contributed by atoms with Gasteiger partial charge in [0.2, 0.25) is 0 Å². The van der Waals surface area contributed by atoms with Crippen molar-refractivity contribution in [3.05, 3.63) is 34.3 Å². The molecule has 0 fully saturated rings. The molecule has 0 saturated carbocycles. The summed E-state index contributed by atoms with van der Waals surface area (Å²) >= 11 is 3.36. The molecule has 0 aliphatic rings. The van der Waals surface area contributed by atoms with E-state index in [9.17, 15) is 14.4 Å². The lowest BCUT2D eigenvalue weighted by molar-refractivity contribution is -0.160. The molecule has 0 radical (unpaired) electrons. The molecule has 0 aromatic heterocycles. The lowest BCUT2D eigenvalue weighted by Crippen LogP contribution is -2.32. The molecule has 0 aliphatic heterocycles. The summed E-state index contributed by atoms with van der Waals surface area (Å²) in [7, 11) is 2.38. The first kappa shape index (κ1) is 16.4. The van der Waals surface area contributed by atoms with Gasteiger partial charge < -0.3 is 14.3 Å². The standard InChI is InChI=1S/C14H15BrO5/c1-19-13(17)12(14(18)20-2)10(7-8-16)9-5-3-4-6-11(9)15/h3-6,8,10,12H,7H2,1-2H3/t10-/m1/s1. The Balaban J connectivity index is 3.27. The van der Waals surface area contributed by atoms with E-state index >= 15 is 0 Å². The summed E-state index contributed by atoms with van der Waals surface area (Å²) < 4.78 is 10.0. The molecule has 1 rings (SSSR count). The summed E-state index contributed by atoms with van der Waals surface area (Å²) in [6, 6.07) is 7.09. The number of hydrogen-bond donors (Lipinski definition) is 0. The Morgan fingerprint density at radius 3 is 2.20 bits per heavy atom. The van der Waals surface area contributed by atoms with Gasteiger partial charge in [0.25, 0.3) is 0 Å². The van der Waals surface area contributed by atoms with E-state index < -0.39 is 23.8 Å². The maximum absolute atomic E-state index is 11.9. The number of aldehydes is 1. The lowest BCUT2D eigenvalue weighted by Gasteiger charge is -2.23. The van der Waals surface area contributed by atoms with E-state index in [1.807, 2.05) is 0 Å². The van der Waals surface area contributed by atoms with E-state index in [0.717, 1.165) is 0 Å². The van der Waals surface area contributed by atoms with Gasteiger partial charge in [-0.25, -0.2) is 0 Å². The van der Waals surface area contributed by atoms with Crippen LogP contribution in [0, 0.1) is 5.92 Å². The molecule has 1 aromatic rings. The van der Waals surface area contributed by atoms with Crippen molar-refractivity contribution in [1.29, 1.82) is 0 Å². The fraction of sp³-hybridized carbons (Fsp3) is 0.357. The van der Waals surface area contributed by atoms with Gasteiger partial charge in [0.05, 0.1) is 14.2 Å². The number of esters is 2. The molecule has 0 aliphatic carbocycles. The van der Waals surface area contributed by atoms with Crippen molar-refractivity contribution in [2.24, 2.45) is 5.92 Å². The zero-order valence-electron chi connectivity index (χ0n) is 11.2. The van der Waals surface area contributed by atoms with Gasteiger partial charge in [-0.15, -0.1) is 0 Å². The minimum atomic E-state index is -1.17. The molecule has 5 nitrogen and oxygen atoms in total. The third-order valence-corrected chi connectivity index (χ3v) is 3.69. The molecule has 1 aromatic carbocycles. The highest BCUT2D eigenvalue weighted by molar-refractivity contribution is 9.10. The summed E-state index contributed by atoms with van der Waals surface area (Å²) in [6.07, 6.45) is 0.681. The van der Waals surface area contributed by atoms with Crippen LogP contribution in [0.1, 0.15) is 17.9 Å². The molecule has 1 atom stereocenters. The molecule has 0 saturated heterocycles. The van der Waals surface area contributed by atoms with Crippen LogP contribution in [0.25, 0.3) is 0 Å². The fourth-order valence-electron chi connectivity index (χ4n) is 2.00. The lowest BCUT2D eigenvalue weighted by atomic mass is 9.84. The molecule has 6 heteroatoms. The number of carbonyl (C=O) groups is 3. The van der Waals surface area contributed by atoms with Crippen molar-refractivity contribution >= 4 is 34.2 Å². The van der Waals surface area contributed by atoms with Crippen LogP contribution >= 0.6 is 15.9 Å². The third-order valence-electron chi connectivity index (χ3n) is 2.97. The van der Waals surface area contributed by atoms with E-state index in [4.69, 9.17) is 0 Å².